The Labute approximate surface area is 108 Å². The van der Waals surface area contributed by atoms with Crippen molar-refractivity contribution in [3.05, 3.63) is 29.3 Å². The second-order valence-corrected chi connectivity index (χ2v) is 5.33. The van der Waals surface area contributed by atoms with Crippen LogP contribution < -0.4 is 5.32 Å². The summed E-state index contributed by atoms with van der Waals surface area (Å²) in [4.78, 5) is 12.1. The van der Waals surface area contributed by atoms with Crippen molar-refractivity contribution in [3.8, 4) is 5.75 Å². The van der Waals surface area contributed by atoms with E-state index >= 15 is 0 Å². The lowest BCUT2D eigenvalue weighted by Crippen LogP contribution is -2.37. The van der Waals surface area contributed by atoms with Crippen LogP contribution in [0.1, 0.15) is 48.5 Å². The lowest BCUT2D eigenvalue weighted by Gasteiger charge is -2.20. The Morgan fingerprint density at radius 1 is 1.39 bits per heavy atom. The van der Waals surface area contributed by atoms with E-state index in [1.807, 2.05) is 13.0 Å². The quantitative estimate of drug-likeness (QED) is 0.862. The highest BCUT2D eigenvalue weighted by Gasteiger charge is 2.23. The molecule has 1 unspecified atom stereocenters. The molecule has 0 heterocycles. The van der Waals surface area contributed by atoms with Crippen LogP contribution in [0.2, 0.25) is 0 Å². The van der Waals surface area contributed by atoms with Crippen LogP contribution in [0.25, 0.3) is 0 Å². The number of amides is 1. The minimum absolute atomic E-state index is 0.0612. The first-order chi connectivity index (χ1) is 8.58. The van der Waals surface area contributed by atoms with Gasteiger partial charge in [0.15, 0.2) is 0 Å². The summed E-state index contributed by atoms with van der Waals surface area (Å²) in [7, 11) is 0. The first-order valence-electron chi connectivity index (χ1n) is 6.68. The predicted octanol–water partition coefficient (Wildman–Crippen LogP) is 3.01. The largest absolute Gasteiger partial charge is 0.507 e. The number of aryl methyl sites for hydroxylation is 1. The number of nitrogens with one attached hydrogen (secondary N) is 1. The Balaban J connectivity index is 2.02. The van der Waals surface area contributed by atoms with E-state index in [4.69, 9.17) is 0 Å². The summed E-state index contributed by atoms with van der Waals surface area (Å²) in [5.41, 5.74) is 1.32. The number of aromatic hydroxyl groups is 1. The number of hydrogen-bond acceptors (Lipinski definition) is 2. The van der Waals surface area contributed by atoms with Gasteiger partial charge in [0, 0.05) is 6.04 Å². The molecular formula is C15H21NO2. The van der Waals surface area contributed by atoms with Crippen LogP contribution in [-0.4, -0.2) is 17.1 Å². The summed E-state index contributed by atoms with van der Waals surface area (Å²) in [5.74, 6) is 0.472. The fourth-order valence-electron chi connectivity index (χ4n) is 2.69. The van der Waals surface area contributed by atoms with Gasteiger partial charge in [-0.3, -0.25) is 4.79 Å². The number of rotatable bonds is 3. The van der Waals surface area contributed by atoms with Gasteiger partial charge >= 0.3 is 0 Å². The average molecular weight is 247 g/mol. The molecule has 0 radical (unpaired) electrons. The van der Waals surface area contributed by atoms with Crippen LogP contribution >= 0.6 is 0 Å². The first-order valence-corrected chi connectivity index (χ1v) is 6.68. The molecule has 0 aliphatic heterocycles. The molecule has 1 aromatic carbocycles. The van der Waals surface area contributed by atoms with E-state index in [1.165, 1.54) is 25.7 Å². The maximum Gasteiger partial charge on any atom is 0.255 e. The van der Waals surface area contributed by atoms with Gasteiger partial charge in [-0.15, -0.1) is 0 Å². The zero-order valence-electron chi connectivity index (χ0n) is 11.1. The van der Waals surface area contributed by atoms with E-state index in [2.05, 4.69) is 12.2 Å². The fraction of sp³-hybridized carbons (Fsp3) is 0.533. The zero-order valence-corrected chi connectivity index (χ0v) is 11.1. The summed E-state index contributed by atoms with van der Waals surface area (Å²) in [6.07, 6.45) is 4.92. The maximum atomic E-state index is 12.1. The van der Waals surface area contributed by atoms with Crippen molar-refractivity contribution in [2.45, 2.75) is 45.6 Å². The Kier molecular flexibility index (Phi) is 3.90. The molecule has 2 rings (SSSR count). The van der Waals surface area contributed by atoms with Crippen molar-refractivity contribution in [1.82, 2.24) is 5.32 Å². The minimum Gasteiger partial charge on any atom is -0.507 e. The topological polar surface area (TPSA) is 49.3 Å². The predicted molar refractivity (Wildman–Crippen MR) is 71.7 cm³/mol. The van der Waals surface area contributed by atoms with Crippen LogP contribution in [-0.2, 0) is 0 Å². The van der Waals surface area contributed by atoms with Crippen molar-refractivity contribution in [3.63, 3.8) is 0 Å². The number of phenols is 1. The molecule has 3 nitrogen and oxygen atoms in total. The average Bonchev–Trinajstić information content (AvgIpc) is 2.81. The highest BCUT2D eigenvalue weighted by atomic mass is 16.3. The highest BCUT2D eigenvalue weighted by molar-refractivity contribution is 5.97. The minimum atomic E-state index is -0.174. The van der Waals surface area contributed by atoms with E-state index in [9.17, 15) is 9.90 Å². The lowest BCUT2D eigenvalue weighted by atomic mass is 9.99. The van der Waals surface area contributed by atoms with Crippen molar-refractivity contribution < 1.29 is 9.90 Å². The van der Waals surface area contributed by atoms with Gasteiger partial charge in [0.05, 0.1) is 5.56 Å². The Morgan fingerprint density at radius 3 is 2.67 bits per heavy atom. The van der Waals surface area contributed by atoms with E-state index in [0.717, 1.165) is 5.56 Å². The molecular weight excluding hydrogens is 226 g/mol. The summed E-state index contributed by atoms with van der Waals surface area (Å²) in [6, 6.07) is 5.33. The summed E-state index contributed by atoms with van der Waals surface area (Å²) in [5, 5.41) is 12.8. The number of phenolic OH excluding ortho intramolecular Hbond substituents is 1. The molecule has 1 atom stereocenters. The van der Waals surface area contributed by atoms with Gasteiger partial charge < -0.3 is 10.4 Å². The molecule has 1 aromatic rings. The third-order valence-corrected chi connectivity index (χ3v) is 3.86. The van der Waals surface area contributed by atoms with Gasteiger partial charge in [0.25, 0.3) is 5.91 Å². The van der Waals surface area contributed by atoms with Crippen molar-refractivity contribution >= 4 is 5.91 Å². The second-order valence-electron chi connectivity index (χ2n) is 5.33. The molecule has 0 aromatic heterocycles. The van der Waals surface area contributed by atoms with Gasteiger partial charge in [-0.1, -0.05) is 18.9 Å². The molecule has 1 aliphatic carbocycles. The SMILES string of the molecule is Cc1ccc(C(=O)NC(C)C2CCCC2)c(O)c1. The van der Waals surface area contributed by atoms with Crippen LogP contribution in [0.4, 0.5) is 0 Å². The first kappa shape index (κ1) is 12.9. The van der Waals surface area contributed by atoms with Crippen molar-refractivity contribution in [1.29, 1.82) is 0 Å². The summed E-state index contributed by atoms with van der Waals surface area (Å²) >= 11 is 0. The summed E-state index contributed by atoms with van der Waals surface area (Å²) in [6.45, 7) is 3.95. The molecule has 18 heavy (non-hydrogen) atoms. The van der Waals surface area contributed by atoms with Crippen molar-refractivity contribution in [2.24, 2.45) is 5.92 Å². The number of carbonyl (C=O) groups excluding carboxylic acids is 1. The zero-order chi connectivity index (χ0) is 13.1. The smallest absolute Gasteiger partial charge is 0.255 e. The number of benzene rings is 1. The van der Waals surface area contributed by atoms with Crippen LogP contribution in [0.3, 0.4) is 0 Å². The molecule has 1 saturated carbocycles. The lowest BCUT2D eigenvalue weighted by molar-refractivity contribution is 0.0924. The van der Waals surface area contributed by atoms with Gasteiger partial charge in [-0.05, 0) is 50.3 Å². The molecule has 3 heteroatoms. The monoisotopic (exact) mass is 247 g/mol. The van der Waals surface area contributed by atoms with Gasteiger partial charge in [0.2, 0.25) is 0 Å². The molecule has 0 saturated heterocycles. The molecule has 98 valence electrons. The van der Waals surface area contributed by atoms with E-state index in [-0.39, 0.29) is 17.7 Å². The summed E-state index contributed by atoms with van der Waals surface area (Å²) < 4.78 is 0. The third-order valence-electron chi connectivity index (χ3n) is 3.86. The van der Waals surface area contributed by atoms with Gasteiger partial charge in [-0.25, -0.2) is 0 Å². The Hall–Kier alpha value is -1.51. The molecule has 2 N–H and O–H groups in total. The van der Waals surface area contributed by atoms with E-state index in [1.54, 1.807) is 12.1 Å². The second kappa shape index (κ2) is 5.42. The van der Waals surface area contributed by atoms with Crippen molar-refractivity contribution in [2.75, 3.05) is 0 Å². The molecule has 1 fully saturated rings. The standard InChI is InChI=1S/C15H21NO2/c1-10-7-8-13(14(17)9-10)15(18)16-11(2)12-5-3-4-6-12/h7-9,11-12,17H,3-6H2,1-2H3,(H,16,18). The molecule has 0 bridgehead atoms. The molecule has 0 spiro atoms. The van der Waals surface area contributed by atoms with Crippen LogP contribution in [0.5, 0.6) is 5.75 Å². The molecule has 1 amide bonds. The van der Waals surface area contributed by atoms with Crippen LogP contribution in [0, 0.1) is 12.8 Å². The van der Waals surface area contributed by atoms with Gasteiger partial charge in [0.1, 0.15) is 5.75 Å². The molecule has 1 aliphatic rings. The van der Waals surface area contributed by atoms with E-state index in [0.29, 0.717) is 11.5 Å². The van der Waals surface area contributed by atoms with E-state index < -0.39 is 0 Å². The Morgan fingerprint density at radius 2 is 2.06 bits per heavy atom. The highest BCUT2D eigenvalue weighted by Crippen LogP contribution is 2.28. The van der Waals surface area contributed by atoms with Gasteiger partial charge in [-0.2, -0.15) is 0 Å². The number of hydrogen-bond donors (Lipinski definition) is 2. The Bertz CT molecular complexity index is 436. The fourth-order valence-corrected chi connectivity index (χ4v) is 2.69. The third kappa shape index (κ3) is 2.84. The number of carbonyl (C=O) groups is 1. The van der Waals surface area contributed by atoms with Crippen LogP contribution in [0.15, 0.2) is 18.2 Å². The maximum absolute atomic E-state index is 12.1. The normalized spacial score (nSPS) is 17.7.